The fraction of sp³-hybridized carbons (Fsp3) is 0.429. The summed E-state index contributed by atoms with van der Waals surface area (Å²) in [5.74, 6) is -0.514. The third kappa shape index (κ3) is 2.29. The molecule has 6 heteroatoms. The minimum Gasteiger partial charge on any atom is -0.478 e. The van der Waals surface area contributed by atoms with Crippen LogP contribution in [0.1, 0.15) is 47.0 Å². The highest BCUT2D eigenvalue weighted by Gasteiger charge is 2.18. The van der Waals surface area contributed by atoms with Crippen molar-refractivity contribution in [1.82, 2.24) is 19.7 Å². The Kier molecular flexibility index (Phi) is 3.83. The summed E-state index contributed by atoms with van der Waals surface area (Å²) in [4.78, 5) is 15.7. The van der Waals surface area contributed by atoms with Crippen LogP contribution in [0.15, 0.2) is 6.07 Å². The van der Waals surface area contributed by atoms with Gasteiger partial charge in [-0.2, -0.15) is 0 Å². The first kappa shape index (κ1) is 14.2. The highest BCUT2D eigenvalue weighted by atomic mass is 16.4. The van der Waals surface area contributed by atoms with Gasteiger partial charge < -0.3 is 5.11 Å². The van der Waals surface area contributed by atoms with Gasteiger partial charge >= 0.3 is 5.97 Å². The summed E-state index contributed by atoms with van der Waals surface area (Å²) in [5.41, 5.74) is 3.46. The van der Waals surface area contributed by atoms with Crippen LogP contribution in [0.5, 0.6) is 0 Å². The quantitative estimate of drug-likeness (QED) is 0.923. The molecule has 1 N–H and O–H groups in total. The molecular weight excluding hydrogens is 256 g/mol. The normalized spacial score (nSPS) is 10.8. The second-order valence-corrected chi connectivity index (χ2v) is 4.64. The Bertz CT molecular complexity index is 661. The van der Waals surface area contributed by atoms with Gasteiger partial charge in [-0.15, -0.1) is 10.2 Å². The van der Waals surface area contributed by atoms with Gasteiger partial charge in [0.2, 0.25) is 0 Å². The molecule has 106 valence electrons. The van der Waals surface area contributed by atoms with E-state index in [9.17, 15) is 4.79 Å². The lowest BCUT2D eigenvalue weighted by atomic mass is 10.2. The number of nitrogens with zero attached hydrogens (tertiary/aromatic N) is 4. The molecule has 2 aromatic rings. The van der Waals surface area contributed by atoms with Crippen LogP contribution >= 0.6 is 0 Å². The maximum Gasteiger partial charge on any atom is 0.337 e. The van der Waals surface area contributed by atoms with Crippen LogP contribution in [0.2, 0.25) is 0 Å². The lowest BCUT2D eigenvalue weighted by Gasteiger charge is -2.09. The van der Waals surface area contributed by atoms with E-state index in [2.05, 4.69) is 15.2 Å². The Hall–Kier alpha value is -2.24. The summed E-state index contributed by atoms with van der Waals surface area (Å²) < 4.78 is 1.73. The van der Waals surface area contributed by atoms with Gasteiger partial charge in [0.05, 0.1) is 17.0 Å². The zero-order valence-corrected chi connectivity index (χ0v) is 12.1. The minimum absolute atomic E-state index is 0.267. The van der Waals surface area contributed by atoms with Crippen LogP contribution in [0.4, 0.5) is 0 Å². The summed E-state index contributed by atoms with van der Waals surface area (Å²) in [5, 5.41) is 17.5. The Balaban J connectivity index is 2.60. The topological polar surface area (TPSA) is 80.9 Å². The van der Waals surface area contributed by atoms with E-state index < -0.39 is 5.97 Å². The minimum atomic E-state index is -0.946. The van der Waals surface area contributed by atoms with Crippen LogP contribution < -0.4 is 0 Å². The van der Waals surface area contributed by atoms with Gasteiger partial charge in [-0.25, -0.2) is 9.78 Å². The molecule has 0 unspecified atom stereocenters. The first-order chi connectivity index (χ1) is 9.49. The van der Waals surface area contributed by atoms with Gasteiger partial charge in [-0.1, -0.05) is 13.8 Å². The van der Waals surface area contributed by atoms with E-state index in [-0.39, 0.29) is 5.56 Å². The fourth-order valence-electron chi connectivity index (χ4n) is 2.31. The van der Waals surface area contributed by atoms with Crippen LogP contribution in [-0.2, 0) is 12.8 Å². The van der Waals surface area contributed by atoms with Crippen molar-refractivity contribution in [2.45, 2.75) is 40.5 Å². The Morgan fingerprint density at radius 2 is 1.85 bits per heavy atom. The van der Waals surface area contributed by atoms with E-state index in [1.165, 1.54) is 0 Å². The lowest BCUT2D eigenvalue weighted by molar-refractivity contribution is 0.0696. The smallest absolute Gasteiger partial charge is 0.337 e. The molecule has 6 nitrogen and oxygen atoms in total. The molecule has 0 fully saturated rings. The van der Waals surface area contributed by atoms with Crippen LogP contribution in [0.3, 0.4) is 0 Å². The molecule has 2 aromatic heterocycles. The van der Waals surface area contributed by atoms with Crippen molar-refractivity contribution in [3.05, 3.63) is 34.4 Å². The number of hydrogen-bond donors (Lipinski definition) is 1. The average Bonchev–Trinajstić information content (AvgIpc) is 2.73. The summed E-state index contributed by atoms with van der Waals surface area (Å²) in [7, 11) is 0. The molecule has 0 atom stereocenters. The first-order valence-corrected chi connectivity index (χ1v) is 6.64. The molecule has 0 amide bonds. The molecule has 0 aliphatic heterocycles. The molecule has 0 saturated carbocycles. The predicted molar refractivity (Wildman–Crippen MR) is 74.3 cm³/mol. The largest absolute Gasteiger partial charge is 0.478 e. The van der Waals surface area contributed by atoms with Crippen molar-refractivity contribution in [2.24, 2.45) is 0 Å². The molecular formula is C14H18N4O2. The maximum atomic E-state index is 11.2. The van der Waals surface area contributed by atoms with E-state index in [0.717, 1.165) is 29.9 Å². The fourth-order valence-corrected chi connectivity index (χ4v) is 2.31. The number of aryl methyl sites for hydroxylation is 3. The van der Waals surface area contributed by atoms with Crippen molar-refractivity contribution in [1.29, 1.82) is 0 Å². The second-order valence-electron chi connectivity index (χ2n) is 4.64. The van der Waals surface area contributed by atoms with Crippen molar-refractivity contribution in [2.75, 3.05) is 0 Å². The standard InChI is InChI=1S/C14H18N4O2/c1-5-11-12(6-2)16-17-14(15-11)18-8(3)7-10(9(18)4)13(19)20/h7H,5-6H2,1-4H3,(H,19,20). The molecule has 2 rings (SSSR count). The summed E-state index contributed by atoms with van der Waals surface area (Å²) >= 11 is 0. The van der Waals surface area contributed by atoms with Gasteiger partial charge in [0, 0.05) is 11.4 Å². The number of carboxylic acid groups (broad SMARTS) is 1. The lowest BCUT2D eigenvalue weighted by Crippen LogP contribution is -2.11. The van der Waals surface area contributed by atoms with Crippen molar-refractivity contribution >= 4 is 5.97 Å². The first-order valence-electron chi connectivity index (χ1n) is 6.64. The Morgan fingerprint density at radius 3 is 2.35 bits per heavy atom. The molecule has 0 aliphatic rings. The van der Waals surface area contributed by atoms with E-state index in [4.69, 9.17) is 5.11 Å². The van der Waals surface area contributed by atoms with E-state index in [1.807, 2.05) is 20.8 Å². The Labute approximate surface area is 117 Å². The van der Waals surface area contributed by atoms with Crippen LogP contribution in [0, 0.1) is 13.8 Å². The molecule has 0 aliphatic carbocycles. The molecule has 0 radical (unpaired) electrons. The molecule has 0 aromatic carbocycles. The molecule has 0 spiro atoms. The second kappa shape index (κ2) is 5.40. The monoisotopic (exact) mass is 274 g/mol. The van der Waals surface area contributed by atoms with E-state index in [1.54, 1.807) is 17.6 Å². The zero-order chi connectivity index (χ0) is 14.9. The van der Waals surface area contributed by atoms with Gasteiger partial charge in [-0.05, 0) is 32.8 Å². The number of aromatic nitrogens is 4. The SMILES string of the molecule is CCc1nnc(-n2c(C)cc(C(=O)O)c2C)nc1CC. The van der Waals surface area contributed by atoms with Crippen LogP contribution in [0.25, 0.3) is 5.95 Å². The number of rotatable bonds is 4. The summed E-state index contributed by atoms with van der Waals surface area (Å²) in [6.07, 6.45) is 1.56. The van der Waals surface area contributed by atoms with Crippen molar-refractivity contribution in [3.8, 4) is 5.95 Å². The molecule has 20 heavy (non-hydrogen) atoms. The highest BCUT2D eigenvalue weighted by Crippen LogP contribution is 2.19. The van der Waals surface area contributed by atoms with Gasteiger partial charge in [-0.3, -0.25) is 4.57 Å². The molecule has 0 bridgehead atoms. The Morgan fingerprint density at radius 1 is 1.20 bits per heavy atom. The number of carboxylic acids is 1. The highest BCUT2D eigenvalue weighted by molar-refractivity contribution is 5.89. The third-order valence-electron chi connectivity index (χ3n) is 3.36. The van der Waals surface area contributed by atoms with Crippen LogP contribution in [-0.4, -0.2) is 30.8 Å². The van der Waals surface area contributed by atoms with Gasteiger partial charge in [0.25, 0.3) is 5.95 Å². The average molecular weight is 274 g/mol. The van der Waals surface area contributed by atoms with Gasteiger partial charge in [0.1, 0.15) is 0 Å². The van der Waals surface area contributed by atoms with Crippen molar-refractivity contribution < 1.29 is 9.90 Å². The van der Waals surface area contributed by atoms with E-state index >= 15 is 0 Å². The van der Waals surface area contributed by atoms with Gasteiger partial charge in [0.15, 0.2) is 0 Å². The van der Waals surface area contributed by atoms with E-state index in [0.29, 0.717) is 11.6 Å². The third-order valence-corrected chi connectivity index (χ3v) is 3.36. The summed E-state index contributed by atoms with van der Waals surface area (Å²) in [6, 6.07) is 1.63. The summed E-state index contributed by atoms with van der Waals surface area (Å²) in [6.45, 7) is 7.62. The number of aromatic carboxylic acids is 1. The number of carbonyl (C=O) groups is 1. The molecule has 0 saturated heterocycles. The molecule has 2 heterocycles. The number of hydrogen-bond acceptors (Lipinski definition) is 4. The maximum absolute atomic E-state index is 11.2. The predicted octanol–water partition coefficient (Wildman–Crippen LogP) is 2.10. The van der Waals surface area contributed by atoms with Crippen molar-refractivity contribution in [3.63, 3.8) is 0 Å². The zero-order valence-electron chi connectivity index (χ0n) is 12.1.